The molecule has 0 bridgehead atoms. The van der Waals surface area contributed by atoms with Crippen molar-refractivity contribution in [2.24, 2.45) is 0 Å². The van der Waals surface area contributed by atoms with Crippen molar-refractivity contribution < 1.29 is 4.39 Å². The van der Waals surface area contributed by atoms with Crippen molar-refractivity contribution in [1.82, 2.24) is 0 Å². The second kappa shape index (κ2) is 5.98. The normalized spacial score (nSPS) is 14.9. The molecule has 1 nitrogen and oxygen atoms in total. The van der Waals surface area contributed by atoms with E-state index in [4.69, 9.17) is 11.6 Å². The van der Waals surface area contributed by atoms with Gasteiger partial charge in [0.25, 0.3) is 0 Å². The monoisotopic (exact) mass is 367 g/mol. The van der Waals surface area contributed by atoms with Gasteiger partial charge in [-0.1, -0.05) is 29.8 Å². The van der Waals surface area contributed by atoms with Gasteiger partial charge < -0.3 is 5.32 Å². The predicted molar refractivity (Wildman–Crippen MR) is 89.6 cm³/mol. The first-order valence-corrected chi connectivity index (χ1v) is 8.24. The Morgan fingerprint density at radius 1 is 1.19 bits per heavy atom. The summed E-state index contributed by atoms with van der Waals surface area (Å²) in [7, 11) is 0. The van der Waals surface area contributed by atoms with Gasteiger partial charge in [0.05, 0.1) is 10.7 Å². The van der Waals surface area contributed by atoms with Crippen LogP contribution in [0.4, 0.5) is 10.1 Å². The second-order valence-corrected chi connectivity index (χ2v) is 6.75. The molecule has 0 heterocycles. The van der Waals surface area contributed by atoms with Crippen LogP contribution in [-0.2, 0) is 12.8 Å². The number of fused-ring (bicyclic) bond motifs is 1. The third-order valence-corrected chi connectivity index (χ3v) is 4.91. The predicted octanol–water partition coefficient (Wildman–Crippen LogP) is 5.90. The van der Waals surface area contributed by atoms with Crippen molar-refractivity contribution in [2.45, 2.75) is 32.2 Å². The average Bonchev–Trinajstić information content (AvgIpc) is 2.89. The van der Waals surface area contributed by atoms with Gasteiger partial charge in [0.1, 0.15) is 5.82 Å². The Morgan fingerprint density at radius 2 is 1.95 bits per heavy atom. The van der Waals surface area contributed by atoms with E-state index in [1.165, 1.54) is 41.7 Å². The van der Waals surface area contributed by atoms with Gasteiger partial charge in [0.2, 0.25) is 0 Å². The fraction of sp³-hybridized carbons (Fsp3) is 0.294. The summed E-state index contributed by atoms with van der Waals surface area (Å²) >= 11 is 9.49. The highest BCUT2D eigenvalue weighted by atomic mass is 79.9. The Labute approximate surface area is 137 Å². The van der Waals surface area contributed by atoms with E-state index in [1.54, 1.807) is 0 Å². The van der Waals surface area contributed by atoms with Gasteiger partial charge in [-0.3, -0.25) is 0 Å². The van der Waals surface area contributed by atoms with Crippen LogP contribution in [0, 0.1) is 5.82 Å². The van der Waals surface area contributed by atoms with Crippen LogP contribution in [0.5, 0.6) is 0 Å². The maximum atomic E-state index is 13.3. The molecule has 0 aliphatic heterocycles. The van der Waals surface area contributed by atoms with Gasteiger partial charge in [-0.05, 0) is 70.9 Å². The van der Waals surface area contributed by atoms with Gasteiger partial charge in [-0.15, -0.1) is 0 Å². The van der Waals surface area contributed by atoms with E-state index in [0.717, 1.165) is 12.1 Å². The minimum absolute atomic E-state index is 0.107. The minimum Gasteiger partial charge on any atom is -0.376 e. The first-order chi connectivity index (χ1) is 10.0. The summed E-state index contributed by atoms with van der Waals surface area (Å²) in [6.45, 7) is 2.09. The molecule has 0 spiro atoms. The molecule has 0 radical (unpaired) electrons. The molecule has 2 aromatic rings. The van der Waals surface area contributed by atoms with E-state index in [9.17, 15) is 4.39 Å². The molecule has 0 saturated heterocycles. The van der Waals surface area contributed by atoms with Crippen molar-refractivity contribution in [1.29, 1.82) is 0 Å². The lowest BCUT2D eigenvalue weighted by Gasteiger charge is -2.19. The summed E-state index contributed by atoms with van der Waals surface area (Å²) < 4.78 is 13.9. The highest BCUT2D eigenvalue weighted by Crippen LogP contribution is 2.35. The van der Waals surface area contributed by atoms with Crippen LogP contribution in [0.15, 0.2) is 34.8 Å². The van der Waals surface area contributed by atoms with Crippen LogP contribution in [0.25, 0.3) is 0 Å². The van der Waals surface area contributed by atoms with Crippen LogP contribution in [-0.4, -0.2) is 0 Å². The summed E-state index contributed by atoms with van der Waals surface area (Å²) in [5, 5.41) is 3.75. The molecule has 0 fully saturated rings. The van der Waals surface area contributed by atoms with Crippen molar-refractivity contribution in [3.63, 3.8) is 0 Å². The average molecular weight is 369 g/mol. The Morgan fingerprint density at radius 3 is 2.71 bits per heavy atom. The summed E-state index contributed by atoms with van der Waals surface area (Å²) in [4.78, 5) is 0. The third-order valence-electron chi connectivity index (χ3n) is 3.99. The van der Waals surface area contributed by atoms with Crippen LogP contribution in [0.3, 0.4) is 0 Å². The second-order valence-electron chi connectivity index (χ2n) is 5.49. The molecule has 0 amide bonds. The summed E-state index contributed by atoms with van der Waals surface area (Å²) in [6, 6.07) is 9.50. The number of hydrogen-bond acceptors (Lipinski definition) is 1. The lowest BCUT2D eigenvalue weighted by Crippen LogP contribution is -2.08. The number of hydrogen-bond donors (Lipinski definition) is 1. The highest BCUT2D eigenvalue weighted by molar-refractivity contribution is 9.10. The van der Waals surface area contributed by atoms with Gasteiger partial charge in [-0.25, -0.2) is 4.39 Å². The van der Waals surface area contributed by atoms with Gasteiger partial charge in [0, 0.05) is 10.5 Å². The molecule has 1 unspecified atom stereocenters. The Hall–Kier alpha value is -1.06. The van der Waals surface area contributed by atoms with Crippen molar-refractivity contribution in [3.8, 4) is 0 Å². The van der Waals surface area contributed by atoms with E-state index in [-0.39, 0.29) is 11.9 Å². The SMILES string of the molecule is CC(Nc1c(Cl)cc(F)cc1Br)c1ccc2c(c1)CCC2. The first kappa shape index (κ1) is 14.9. The number of aryl methyl sites for hydroxylation is 2. The van der Waals surface area contributed by atoms with Crippen LogP contribution < -0.4 is 5.32 Å². The Bertz CT molecular complexity index is 663. The molecule has 1 N–H and O–H groups in total. The molecular weight excluding hydrogens is 353 g/mol. The van der Waals surface area contributed by atoms with Gasteiger partial charge >= 0.3 is 0 Å². The minimum atomic E-state index is -0.345. The number of halogens is 3. The van der Waals surface area contributed by atoms with E-state index in [0.29, 0.717) is 9.50 Å². The van der Waals surface area contributed by atoms with Crippen molar-refractivity contribution >= 4 is 33.2 Å². The summed E-state index contributed by atoms with van der Waals surface area (Å²) in [5.74, 6) is -0.345. The van der Waals surface area contributed by atoms with Gasteiger partial charge in [-0.2, -0.15) is 0 Å². The van der Waals surface area contributed by atoms with E-state index in [2.05, 4.69) is 46.4 Å². The van der Waals surface area contributed by atoms with Crippen molar-refractivity contribution in [2.75, 3.05) is 5.32 Å². The largest absolute Gasteiger partial charge is 0.376 e. The molecule has 3 rings (SSSR count). The lowest BCUT2D eigenvalue weighted by atomic mass is 10.0. The molecule has 1 atom stereocenters. The summed E-state index contributed by atoms with van der Waals surface area (Å²) in [5.41, 5.74) is 4.87. The number of nitrogens with one attached hydrogen (secondary N) is 1. The molecule has 2 aromatic carbocycles. The highest BCUT2D eigenvalue weighted by Gasteiger charge is 2.15. The fourth-order valence-corrected chi connectivity index (χ4v) is 3.76. The van der Waals surface area contributed by atoms with Crippen molar-refractivity contribution in [3.05, 3.63) is 62.3 Å². The number of benzene rings is 2. The maximum absolute atomic E-state index is 13.3. The quantitative estimate of drug-likeness (QED) is 0.711. The lowest BCUT2D eigenvalue weighted by molar-refractivity contribution is 0.627. The molecule has 1 aliphatic rings. The standard InChI is InChI=1S/C17H16BrClFN/c1-10(12-6-5-11-3-2-4-13(11)7-12)21-17-15(18)8-14(20)9-16(17)19/h5-10,21H,2-4H2,1H3. The summed E-state index contributed by atoms with van der Waals surface area (Å²) in [6.07, 6.45) is 3.60. The molecule has 0 saturated carbocycles. The van der Waals surface area contributed by atoms with Crippen LogP contribution >= 0.6 is 27.5 Å². The Balaban J connectivity index is 1.85. The zero-order valence-electron chi connectivity index (χ0n) is 11.7. The zero-order chi connectivity index (χ0) is 15.0. The first-order valence-electron chi connectivity index (χ1n) is 7.07. The van der Waals surface area contributed by atoms with Crippen LogP contribution in [0.1, 0.15) is 36.1 Å². The molecule has 0 aromatic heterocycles. The number of rotatable bonds is 3. The van der Waals surface area contributed by atoms with Crippen LogP contribution in [0.2, 0.25) is 5.02 Å². The molecule has 21 heavy (non-hydrogen) atoms. The van der Waals surface area contributed by atoms with E-state index in [1.807, 2.05) is 0 Å². The number of anilines is 1. The van der Waals surface area contributed by atoms with E-state index < -0.39 is 0 Å². The maximum Gasteiger partial charge on any atom is 0.125 e. The fourth-order valence-electron chi connectivity index (χ4n) is 2.84. The molecular formula is C17H16BrClFN. The molecule has 1 aliphatic carbocycles. The topological polar surface area (TPSA) is 12.0 Å². The van der Waals surface area contributed by atoms with E-state index >= 15 is 0 Å². The zero-order valence-corrected chi connectivity index (χ0v) is 14.1. The smallest absolute Gasteiger partial charge is 0.125 e. The third kappa shape index (κ3) is 3.09. The molecule has 4 heteroatoms. The molecule has 110 valence electrons. The Kier molecular flexibility index (Phi) is 4.23. The van der Waals surface area contributed by atoms with Gasteiger partial charge in [0.15, 0.2) is 0 Å².